The number of aromatic nitrogens is 2. The number of hydrogen-bond donors (Lipinski definition) is 6. The lowest BCUT2D eigenvalue weighted by Gasteiger charge is -2.21. The molecule has 238 valence electrons. The number of hydrogen-bond acceptors (Lipinski definition) is 5. The Kier molecular flexibility index (Phi) is 9.35. The number of fused-ring (bicyclic) bond motifs is 2. The summed E-state index contributed by atoms with van der Waals surface area (Å²) >= 11 is 0. The summed E-state index contributed by atoms with van der Waals surface area (Å²) in [6, 6.07) is 22.1. The molecule has 0 bridgehead atoms. The Balaban J connectivity index is 1.09. The monoisotopic (exact) mass is 620 g/mol. The molecule has 10 heteroatoms. The van der Waals surface area contributed by atoms with Gasteiger partial charge in [0, 0.05) is 60.4 Å². The third-order valence-corrected chi connectivity index (χ3v) is 9.04. The molecule has 5 aromatic rings. The van der Waals surface area contributed by atoms with E-state index >= 15 is 0 Å². The van der Waals surface area contributed by atoms with Crippen LogP contribution in [0.5, 0.6) is 5.75 Å². The van der Waals surface area contributed by atoms with Crippen LogP contribution in [0.15, 0.2) is 85.2 Å². The number of amides is 3. The Morgan fingerprint density at radius 3 is 1.78 bits per heavy atom. The minimum absolute atomic E-state index is 0.130. The van der Waals surface area contributed by atoms with E-state index in [4.69, 9.17) is 5.73 Å². The van der Waals surface area contributed by atoms with Gasteiger partial charge in [0.05, 0.1) is 17.9 Å². The highest BCUT2D eigenvalue weighted by Crippen LogP contribution is 2.26. The second-order valence-electron chi connectivity index (χ2n) is 12.1. The molecule has 3 atom stereocenters. The van der Waals surface area contributed by atoms with Gasteiger partial charge in [0.2, 0.25) is 17.7 Å². The largest absolute Gasteiger partial charge is 0.508 e. The number of likely N-dealkylation sites (tertiary alicyclic amines) is 1. The fraction of sp³-hybridized carbons (Fsp3) is 0.306. The molecular weight excluding hydrogens is 580 g/mol. The number of carbonyl (C=O) groups is 3. The van der Waals surface area contributed by atoms with Gasteiger partial charge in [0.25, 0.3) is 0 Å². The number of benzene rings is 3. The lowest BCUT2D eigenvalue weighted by atomic mass is 9.94. The van der Waals surface area contributed by atoms with E-state index < -0.39 is 17.9 Å². The van der Waals surface area contributed by atoms with Crippen molar-refractivity contribution in [1.82, 2.24) is 25.5 Å². The van der Waals surface area contributed by atoms with Gasteiger partial charge in [-0.3, -0.25) is 14.4 Å². The van der Waals surface area contributed by atoms with Crippen LogP contribution in [0.25, 0.3) is 21.8 Å². The van der Waals surface area contributed by atoms with Crippen molar-refractivity contribution in [2.45, 2.75) is 31.7 Å². The number of phenolic OH excluding ortho intramolecular Hbond substituents is 1. The molecule has 1 aliphatic rings. The highest BCUT2D eigenvalue weighted by atomic mass is 16.3. The number of aromatic hydroxyl groups is 1. The first-order valence-corrected chi connectivity index (χ1v) is 15.8. The number of nitrogens with one attached hydrogen (secondary N) is 4. The SMILES string of the molecule is N[C@@H](CCc1ccc(O)cc1)C(=O)N1C[C@@H](C(=O)NCCc2c[nH]c3ccccc23)[C@H](C(=O)NCCc2c[nH]c3ccccc23)C1. The van der Waals surface area contributed by atoms with Crippen molar-refractivity contribution in [3.05, 3.63) is 102 Å². The zero-order chi connectivity index (χ0) is 32.0. The Morgan fingerprint density at radius 2 is 1.26 bits per heavy atom. The van der Waals surface area contributed by atoms with Crippen LogP contribution in [0.3, 0.4) is 0 Å². The van der Waals surface area contributed by atoms with Crippen molar-refractivity contribution >= 4 is 39.5 Å². The number of H-pyrrole nitrogens is 2. The quantitative estimate of drug-likeness (QED) is 0.126. The molecule has 2 aromatic heterocycles. The van der Waals surface area contributed by atoms with Crippen LogP contribution in [0.1, 0.15) is 23.1 Å². The molecule has 3 amide bonds. The van der Waals surface area contributed by atoms with Crippen molar-refractivity contribution in [2.75, 3.05) is 26.2 Å². The second kappa shape index (κ2) is 13.9. The standard InChI is InChI=1S/C36H40N6O4/c37-31(14-11-23-9-12-26(43)13-10-23)36(46)42-21-29(34(44)38-17-15-24-19-40-32-7-3-1-5-27(24)32)30(22-42)35(45)39-18-16-25-20-41-33-8-4-2-6-28(25)33/h1-10,12-13,19-20,29-31,40-41,43H,11,14-18,21-22,37H2,(H,38,44)(H,39,45)/t29-,30-,31+/m1/s1. The predicted molar refractivity (Wildman–Crippen MR) is 178 cm³/mol. The van der Waals surface area contributed by atoms with Gasteiger partial charge in [-0.05, 0) is 66.6 Å². The Hall–Kier alpha value is -5.09. The van der Waals surface area contributed by atoms with Gasteiger partial charge in [0.1, 0.15) is 5.75 Å². The summed E-state index contributed by atoms with van der Waals surface area (Å²) in [4.78, 5) is 48.6. The molecule has 1 saturated heterocycles. The van der Waals surface area contributed by atoms with E-state index in [0.29, 0.717) is 38.8 Å². The lowest BCUT2D eigenvalue weighted by molar-refractivity contribution is -0.132. The minimum atomic E-state index is -0.775. The molecule has 1 fully saturated rings. The number of nitrogens with two attached hydrogens (primary N) is 1. The van der Waals surface area contributed by atoms with Crippen molar-refractivity contribution in [1.29, 1.82) is 0 Å². The normalized spacial score (nSPS) is 16.9. The van der Waals surface area contributed by atoms with Crippen LogP contribution in [0.2, 0.25) is 0 Å². The molecule has 3 heterocycles. The van der Waals surface area contributed by atoms with Gasteiger partial charge < -0.3 is 36.3 Å². The van der Waals surface area contributed by atoms with Gasteiger partial charge in [-0.1, -0.05) is 48.5 Å². The van der Waals surface area contributed by atoms with E-state index in [1.165, 1.54) is 0 Å². The Morgan fingerprint density at radius 1 is 0.761 bits per heavy atom. The number of nitrogens with zero attached hydrogens (tertiary/aromatic N) is 1. The fourth-order valence-corrected chi connectivity index (χ4v) is 6.44. The third kappa shape index (κ3) is 6.92. The highest BCUT2D eigenvalue weighted by molar-refractivity contribution is 5.91. The zero-order valence-electron chi connectivity index (χ0n) is 25.7. The van der Waals surface area contributed by atoms with E-state index in [9.17, 15) is 19.5 Å². The zero-order valence-corrected chi connectivity index (χ0v) is 25.7. The topological polar surface area (TPSA) is 156 Å². The van der Waals surface area contributed by atoms with Crippen molar-refractivity contribution in [2.24, 2.45) is 17.6 Å². The molecule has 7 N–H and O–H groups in total. The molecule has 46 heavy (non-hydrogen) atoms. The summed E-state index contributed by atoms with van der Waals surface area (Å²) < 4.78 is 0. The highest BCUT2D eigenvalue weighted by Gasteiger charge is 2.44. The molecule has 0 saturated carbocycles. The molecule has 0 spiro atoms. The van der Waals surface area contributed by atoms with E-state index in [2.05, 4.69) is 20.6 Å². The number of para-hydroxylation sites is 2. The maximum absolute atomic E-state index is 13.5. The van der Waals surface area contributed by atoms with Crippen LogP contribution >= 0.6 is 0 Å². The molecule has 0 radical (unpaired) electrons. The molecule has 3 aromatic carbocycles. The summed E-state index contributed by atoms with van der Waals surface area (Å²) in [5.74, 6) is -1.97. The number of aromatic amines is 2. The molecule has 6 rings (SSSR count). The van der Waals surface area contributed by atoms with Crippen LogP contribution in [0, 0.1) is 11.8 Å². The maximum atomic E-state index is 13.5. The number of phenols is 1. The van der Waals surface area contributed by atoms with Gasteiger partial charge in [-0.2, -0.15) is 0 Å². The number of aryl methyl sites for hydroxylation is 1. The Labute approximate surface area is 267 Å². The minimum Gasteiger partial charge on any atom is -0.508 e. The first-order valence-electron chi connectivity index (χ1n) is 15.8. The third-order valence-electron chi connectivity index (χ3n) is 9.04. The van der Waals surface area contributed by atoms with Gasteiger partial charge in [-0.15, -0.1) is 0 Å². The van der Waals surface area contributed by atoms with E-state index in [1.54, 1.807) is 29.2 Å². The van der Waals surface area contributed by atoms with E-state index in [1.807, 2.05) is 60.9 Å². The molecular formula is C36H40N6O4. The summed E-state index contributed by atoms with van der Waals surface area (Å²) in [6.07, 6.45) is 6.15. The average Bonchev–Trinajstić information content (AvgIpc) is 3.82. The average molecular weight is 621 g/mol. The maximum Gasteiger partial charge on any atom is 0.239 e. The molecule has 0 unspecified atom stereocenters. The van der Waals surface area contributed by atoms with Crippen molar-refractivity contribution in [3.63, 3.8) is 0 Å². The first kappa shape index (κ1) is 30.9. The summed E-state index contributed by atoms with van der Waals surface area (Å²) in [5, 5.41) is 17.8. The van der Waals surface area contributed by atoms with Crippen LogP contribution in [-0.4, -0.2) is 69.9 Å². The second-order valence-corrected chi connectivity index (χ2v) is 12.1. The van der Waals surface area contributed by atoms with Gasteiger partial charge in [0.15, 0.2) is 0 Å². The fourth-order valence-electron chi connectivity index (χ4n) is 6.44. The first-order chi connectivity index (χ1) is 22.4. The van der Waals surface area contributed by atoms with Crippen molar-refractivity contribution < 1.29 is 19.5 Å². The molecule has 1 aliphatic heterocycles. The lowest BCUT2D eigenvalue weighted by Crippen LogP contribution is -2.44. The number of rotatable bonds is 12. The summed E-state index contributed by atoms with van der Waals surface area (Å²) in [5.41, 5.74) is 11.6. The summed E-state index contributed by atoms with van der Waals surface area (Å²) in [6.45, 7) is 1.08. The number of carbonyl (C=O) groups excluding carboxylic acids is 3. The van der Waals surface area contributed by atoms with Crippen LogP contribution in [-0.2, 0) is 33.6 Å². The predicted octanol–water partition coefficient (Wildman–Crippen LogP) is 3.41. The van der Waals surface area contributed by atoms with E-state index in [-0.39, 0.29) is 36.6 Å². The molecule has 10 nitrogen and oxygen atoms in total. The van der Waals surface area contributed by atoms with E-state index in [0.717, 1.165) is 38.5 Å². The smallest absolute Gasteiger partial charge is 0.239 e. The Bertz CT molecular complexity index is 1730. The summed E-state index contributed by atoms with van der Waals surface area (Å²) in [7, 11) is 0. The van der Waals surface area contributed by atoms with Crippen LogP contribution in [0.4, 0.5) is 0 Å². The molecule has 0 aliphatic carbocycles. The van der Waals surface area contributed by atoms with Gasteiger partial charge >= 0.3 is 0 Å². The van der Waals surface area contributed by atoms with Gasteiger partial charge in [-0.25, -0.2) is 0 Å². The van der Waals surface area contributed by atoms with Crippen molar-refractivity contribution in [3.8, 4) is 5.75 Å². The van der Waals surface area contributed by atoms with Crippen LogP contribution < -0.4 is 16.4 Å².